The van der Waals surface area contributed by atoms with Crippen LogP contribution in [-0.2, 0) is 9.53 Å². The lowest BCUT2D eigenvalue weighted by Gasteiger charge is -2.15. The highest BCUT2D eigenvalue weighted by atomic mass is 16.6. The summed E-state index contributed by atoms with van der Waals surface area (Å²) in [4.78, 5) is 13.0. The van der Waals surface area contributed by atoms with E-state index in [1.807, 2.05) is 91.9 Å². The Hall–Kier alpha value is -3.35. The number of rotatable bonds is 8. The molecule has 29 heavy (non-hydrogen) atoms. The van der Waals surface area contributed by atoms with Gasteiger partial charge in [0.2, 0.25) is 6.04 Å². The Morgan fingerprint density at radius 3 is 2.14 bits per heavy atom. The van der Waals surface area contributed by atoms with Crippen LogP contribution in [0.3, 0.4) is 0 Å². The van der Waals surface area contributed by atoms with Gasteiger partial charge in [0, 0.05) is 11.4 Å². The van der Waals surface area contributed by atoms with E-state index in [0.29, 0.717) is 0 Å². The fraction of sp³-hybridized carbons (Fsp3) is 0.174. The van der Waals surface area contributed by atoms with E-state index in [2.05, 4.69) is 16.1 Å². The third-order valence-corrected chi connectivity index (χ3v) is 4.79. The number of benzene rings is 3. The SMILES string of the molecule is Cc1ccc(N[NH2+]C(C(=O)Nc2ccccc2)C2OC2Nc2ccccc2)cc1. The van der Waals surface area contributed by atoms with Gasteiger partial charge in [-0.25, -0.2) is 10.9 Å². The van der Waals surface area contributed by atoms with Crippen LogP contribution in [0.25, 0.3) is 0 Å². The molecule has 0 bridgehead atoms. The number of para-hydroxylation sites is 2. The van der Waals surface area contributed by atoms with Crippen LogP contribution in [0.2, 0.25) is 0 Å². The quantitative estimate of drug-likeness (QED) is 0.271. The number of hydrogen-bond donors (Lipinski definition) is 4. The second kappa shape index (κ2) is 8.77. The Morgan fingerprint density at radius 1 is 0.862 bits per heavy atom. The number of carbonyl (C=O) groups excluding carboxylic acids is 1. The van der Waals surface area contributed by atoms with Crippen molar-refractivity contribution in [2.45, 2.75) is 25.3 Å². The van der Waals surface area contributed by atoms with Gasteiger partial charge in [0.1, 0.15) is 0 Å². The van der Waals surface area contributed by atoms with Crippen molar-refractivity contribution in [1.29, 1.82) is 0 Å². The Balaban J connectivity index is 1.43. The number of anilines is 3. The zero-order valence-corrected chi connectivity index (χ0v) is 16.2. The summed E-state index contributed by atoms with van der Waals surface area (Å²) in [5.74, 6) is -0.113. The first-order chi connectivity index (χ1) is 14.2. The van der Waals surface area contributed by atoms with Gasteiger partial charge in [-0.15, -0.1) is 0 Å². The van der Waals surface area contributed by atoms with E-state index in [0.717, 1.165) is 17.1 Å². The van der Waals surface area contributed by atoms with Crippen molar-refractivity contribution in [3.8, 4) is 0 Å². The smallest absolute Gasteiger partial charge is 0.287 e. The average molecular weight is 389 g/mol. The first-order valence-corrected chi connectivity index (χ1v) is 9.68. The van der Waals surface area contributed by atoms with Crippen molar-refractivity contribution in [3.63, 3.8) is 0 Å². The minimum absolute atomic E-state index is 0.113. The summed E-state index contributed by atoms with van der Waals surface area (Å²) < 4.78 is 5.81. The summed E-state index contributed by atoms with van der Waals surface area (Å²) in [5.41, 5.74) is 8.90. The number of nitrogens with two attached hydrogens (primary N) is 1. The van der Waals surface area contributed by atoms with Crippen molar-refractivity contribution in [2.75, 3.05) is 16.1 Å². The number of ether oxygens (including phenoxy) is 1. The molecule has 0 aromatic heterocycles. The lowest BCUT2D eigenvalue weighted by Crippen LogP contribution is -2.97. The normalized spacial score (nSPS) is 18.5. The summed E-state index contributed by atoms with van der Waals surface area (Å²) in [6, 6.07) is 26.9. The molecule has 3 unspecified atom stereocenters. The molecule has 0 spiro atoms. The molecule has 0 aliphatic carbocycles. The van der Waals surface area contributed by atoms with Crippen molar-refractivity contribution < 1.29 is 15.0 Å². The minimum atomic E-state index is -0.460. The molecule has 148 valence electrons. The topological polar surface area (TPSA) is 82.3 Å². The molecular formula is C23H25N4O2+. The van der Waals surface area contributed by atoms with Gasteiger partial charge in [0.15, 0.2) is 12.3 Å². The molecule has 6 nitrogen and oxygen atoms in total. The average Bonchev–Trinajstić information content (AvgIpc) is 3.49. The van der Waals surface area contributed by atoms with Crippen molar-refractivity contribution in [1.82, 2.24) is 0 Å². The maximum absolute atomic E-state index is 13.0. The molecule has 1 saturated heterocycles. The van der Waals surface area contributed by atoms with Crippen molar-refractivity contribution in [2.24, 2.45) is 0 Å². The highest BCUT2D eigenvalue weighted by Gasteiger charge is 2.51. The van der Waals surface area contributed by atoms with Gasteiger partial charge in [-0.1, -0.05) is 54.1 Å². The first-order valence-electron chi connectivity index (χ1n) is 9.68. The molecule has 1 heterocycles. The molecule has 4 rings (SSSR count). The fourth-order valence-corrected chi connectivity index (χ4v) is 3.11. The summed E-state index contributed by atoms with van der Waals surface area (Å²) in [6.07, 6.45) is -0.461. The third-order valence-electron chi connectivity index (χ3n) is 4.79. The van der Waals surface area contributed by atoms with Gasteiger partial charge in [0.25, 0.3) is 5.91 Å². The molecule has 3 atom stereocenters. The van der Waals surface area contributed by atoms with Crippen LogP contribution in [0.4, 0.5) is 17.1 Å². The molecule has 6 heteroatoms. The predicted molar refractivity (Wildman–Crippen MR) is 114 cm³/mol. The van der Waals surface area contributed by atoms with E-state index < -0.39 is 6.04 Å². The van der Waals surface area contributed by atoms with Crippen LogP contribution in [0.5, 0.6) is 0 Å². The lowest BCUT2D eigenvalue weighted by atomic mass is 10.1. The number of nitrogens with one attached hydrogen (secondary N) is 3. The number of hydrogen-bond acceptors (Lipinski definition) is 4. The van der Waals surface area contributed by atoms with Crippen molar-refractivity contribution >= 4 is 23.0 Å². The number of amides is 1. The Bertz CT molecular complexity index is 932. The third kappa shape index (κ3) is 5.13. The van der Waals surface area contributed by atoms with Crippen LogP contribution < -0.4 is 21.5 Å². The number of aryl methyl sites for hydroxylation is 1. The second-order valence-corrected chi connectivity index (χ2v) is 7.09. The molecule has 3 aromatic rings. The van der Waals surface area contributed by atoms with Gasteiger partial charge in [-0.2, -0.15) is 0 Å². The van der Waals surface area contributed by atoms with Gasteiger partial charge in [0.05, 0.1) is 5.69 Å². The molecule has 1 aliphatic rings. The van der Waals surface area contributed by atoms with Crippen LogP contribution in [0.1, 0.15) is 5.56 Å². The van der Waals surface area contributed by atoms with Crippen molar-refractivity contribution in [3.05, 3.63) is 90.5 Å². The Kier molecular flexibility index (Phi) is 5.74. The van der Waals surface area contributed by atoms with Gasteiger partial charge < -0.3 is 15.4 Å². The summed E-state index contributed by atoms with van der Waals surface area (Å²) in [7, 11) is 0. The molecule has 3 aromatic carbocycles. The maximum atomic E-state index is 13.0. The van der Waals surface area contributed by atoms with E-state index in [1.165, 1.54) is 5.56 Å². The summed E-state index contributed by atoms with van der Waals surface area (Å²) >= 11 is 0. The molecule has 1 fully saturated rings. The minimum Gasteiger partial charge on any atom is -0.358 e. The largest absolute Gasteiger partial charge is 0.358 e. The predicted octanol–water partition coefficient (Wildman–Crippen LogP) is 2.73. The zero-order chi connectivity index (χ0) is 20.1. The van der Waals surface area contributed by atoms with E-state index in [9.17, 15) is 4.79 Å². The summed E-state index contributed by atoms with van der Waals surface area (Å²) in [6.45, 7) is 2.04. The highest BCUT2D eigenvalue weighted by molar-refractivity contribution is 5.94. The Morgan fingerprint density at radius 2 is 1.48 bits per heavy atom. The molecule has 1 amide bonds. The molecular weight excluding hydrogens is 364 g/mol. The second-order valence-electron chi connectivity index (χ2n) is 7.09. The van der Waals surface area contributed by atoms with Crippen LogP contribution in [0.15, 0.2) is 84.9 Å². The standard InChI is InChI=1S/C23H24N4O2/c1-16-12-14-19(15-13-16)26-27-20(22(28)24-17-8-4-2-5-9-17)21-23(29-21)25-18-10-6-3-7-11-18/h2-15,20-21,23,25-27H,1H3,(H,24,28)/p+1. The monoisotopic (exact) mass is 389 g/mol. The number of epoxide rings is 1. The highest BCUT2D eigenvalue weighted by Crippen LogP contribution is 2.26. The molecule has 0 saturated carbocycles. The van der Waals surface area contributed by atoms with Crippen LogP contribution in [-0.4, -0.2) is 24.3 Å². The first kappa shape index (κ1) is 19.0. The number of nitrogen functional groups attached to an aromatic ring is 1. The van der Waals surface area contributed by atoms with E-state index in [-0.39, 0.29) is 18.2 Å². The number of quaternary nitrogens is 1. The fourth-order valence-electron chi connectivity index (χ4n) is 3.11. The van der Waals surface area contributed by atoms with E-state index in [4.69, 9.17) is 4.74 Å². The Labute approximate surface area is 170 Å². The lowest BCUT2D eigenvalue weighted by molar-refractivity contribution is -0.649. The van der Waals surface area contributed by atoms with E-state index >= 15 is 0 Å². The maximum Gasteiger partial charge on any atom is 0.287 e. The number of carbonyl (C=O) groups is 1. The van der Waals surface area contributed by atoms with Crippen LogP contribution >= 0.6 is 0 Å². The molecule has 0 radical (unpaired) electrons. The molecule has 1 aliphatic heterocycles. The van der Waals surface area contributed by atoms with Crippen LogP contribution in [0, 0.1) is 6.92 Å². The van der Waals surface area contributed by atoms with Gasteiger partial charge >= 0.3 is 0 Å². The summed E-state index contributed by atoms with van der Waals surface area (Å²) in [5, 5.41) is 6.30. The van der Waals surface area contributed by atoms with Gasteiger partial charge in [-0.05, 0) is 43.3 Å². The zero-order valence-electron chi connectivity index (χ0n) is 16.2. The van der Waals surface area contributed by atoms with E-state index in [1.54, 1.807) is 5.43 Å². The molecule has 5 N–H and O–H groups in total. The van der Waals surface area contributed by atoms with Gasteiger partial charge in [-0.3, -0.25) is 4.79 Å².